The largest absolute Gasteiger partial charge is 0.303 e. The van der Waals surface area contributed by atoms with Gasteiger partial charge in [-0.2, -0.15) is 0 Å². The molecule has 2 nitrogen and oxygen atoms in total. The summed E-state index contributed by atoms with van der Waals surface area (Å²) in [5, 5.41) is 0. The van der Waals surface area contributed by atoms with Gasteiger partial charge in [-0.3, -0.25) is 4.79 Å². The van der Waals surface area contributed by atoms with Crippen LogP contribution in [0.3, 0.4) is 0 Å². The van der Waals surface area contributed by atoms with Crippen LogP contribution < -0.4 is 0 Å². The lowest BCUT2D eigenvalue weighted by Crippen LogP contribution is -1.86. The molecule has 0 spiro atoms. The van der Waals surface area contributed by atoms with Crippen molar-refractivity contribution in [3.63, 3.8) is 0 Å². The highest BCUT2D eigenvalue weighted by Crippen LogP contribution is 2.10. The molecule has 0 aliphatic rings. The number of aldehydes is 2. The first kappa shape index (κ1) is 10.4. The van der Waals surface area contributed by atoms with E-state index in [0.717, 1.165) is 23.7 Å². The maximum Gasteiger partial charge on any atom is 0.150 e. The van der Waals surface area contributed by atoms with Crippen molar-refractivity contribution in [1.82, 2.24) is 0 Å². The van der Waals surface area contributed by atoms with Crippen molar-refractivity contribution in [2.45, 2.75) is 13.3 Å². The molecule has 72 valence electrons. The van der Waals surface area contributed by atoms with Gasteiger partial charge >= 0.3 is 0 Å². The zero-order valence-corrected chi connectivity index (χ0v) is 8.07. The highest BCUT2D eigenvalue weighted by Gasteiger charge is 1.95. The minimum atomic E-state index is 0.425. The Kier molecular flexibility index (Phi) is 3.80. The molecule has 14 heavy (non-hydrogen) atoms. The van der Waals surface area contributed by atoms with Gasteiger partial charge in [0.1, 0.15) is 12.6 Å². The van der Waals surface area contributed by atoms with Gasteiger partial charge in [0.2, 0.25) is 0 Å². The summed E-state index contributed by atoms with van der Waals surface area (Å²) in [5.41, 5.74) is 2.67. The number of carbonyl (C=O) groups excluding carboxylic acids is 2. The van der Waals surface area contributed by atoms with Crippen LogP contribution in [-0.4, -0.2) is 12.6 Å². The normalized spacial score (nSPS) is 10.4. The van der Waals surface area contributed by atoms with Gasteiger partial charge in [0.25, 0.3) is 0 Å². The predicted molar refractivity (Wildman–Crippen MR) is 56.3 cm³/mol. The van der Waals surface area contributed by atoms with Crippen LogP contribution in [0.4, 0.5) is 0 Å². The molecular weight excluding hydrogens is 176 g/mol. The molecule has 0 aliphatic heterocycles. The third-order valence-corrected chi connectivity index (χ3v) is 1.96. The number of benzene rings is 1. The van der Waals surface area contributed by atoms with E-state index in [9.17, 15) is 9.59 Å². The molecule has 1 rings (SSSR count). The van der Waals surface area contributed by atoms with Gasteiger partial charge in [0.15, 0.2) is 0 Å². The van der Waals surface area contributed by atoms with E-state index in [-0.39, 0.29) is 0 Å². The zero-order valence-electron chi connectivity index (χ0n) is 8.07. The van der Waals surface area contributed by atoms with Crippen LogP contribution in [0.2, 0.25) is 0 Å². The van der Waals surface area contributed by atoms with E-state index >= 15 is 0 Å². The van der Waals surface area contributed by atoms with Crippen LogP contribution in [0.5, 0.6) is 0 Å². The Morgan fingerprint density at radius 3 is 2.64 bits per heavy atom. The number of allylic oxidation sites excluding steroid dienone is 1. The molecule has 0 amide bonds. The number of rotatable bonds is 4. The Morgan fingerprint density at radius 2 is 2.07 bits per heavy atom. The SMILES string of the molecule is Cc1cc(C=CCC=O)ccc1C=O. The van der Waals surface area contributed by atoms with E-state index in [2.05, 4.69) is 0 Å². The molecule has 0 fully saturated rings. The molecule has 0 aliphatic carbocycles. The number of hydrogen-bond acceptors (Lipinski definition) is 2. The molecule has 2 heteroatoms. The van der Waals surface area contributed by atoms with Crippen molar-refractivity contribution >= 4 is 18.6 Å². The van der Waals surface area contributed by atoms with E-state index in [1.165, 1.54) is 0 Å². The molecular formula is C12H12O2. The average molecular weight is 188 g/mol. The van der Waals surface area contributed by atoms with Gasteiger partial charge in [-0.25, -0.2) is 0 Å². The quantitative estimate of drug-likeness (QED) is 0.680. The van der Waals surface area contributed by atoms with Gasteiger partial charge in [-0.05, 0) is 18.1 Å². The third-order valence-electron chi connectivity index (χ3n) is 1.96. The second kappa shape index (κ2) is 5.12. The number of carbonyl (C=O) groups is 2. The fraction of sp³-hybridized carbons (Fsp3) is 0.167. The topological polar surface area (TPSA) is 34.1 Å². The second-order valence-corrected chi connectivity index (χ2v) is 3.04. The van der Waals surface area contributed by atoms with E-state index in [1.807, 2.05) is 25.1 Å². The summed E-state index contributed by atoms with van der Waals surface area (Å²) in [6, 6.07) is 5.56. The van der Waals surface area contributed by atoms with Gasteiger partial charge < -0.3 is 4.79 Å². The number of hydrogen-bond donors (Lipinski definition) is 0. The highest BCUT2D eigenvalue weighted by molar-refractivity contribution is 5.78. The molecule has 0 unspecified atom stereocenters. The molecule has 0 heterocycles. The Hall–Kier alpha value is -1.70. The van der Waals surface area contributed by atoms with Crippen LogP contribution in [-0.2, 0) is 4.79 Å². The van der Waals surface area contributed by atoms with Crippen molar-refractivity contribution in [2.75, 3.05) is 0 Å². The Balaban J connectivity index is 2.85. The van der Waals surface area contributed by atoms with Crippen molar-refractivity contribution in [1.29, 1.82) is 0 Å². The molecule has 0 radical (unpaired) electrons. The van der Waals surface area contributed by atoms with Crippen molar-refractivity contribution < 1.29 is 9.59 Å². The van der Waals surface area contributed by atoms with Gasteiger partial charge in [-0.1, -0.05) is 30.4 Å². The second-order valence-electron chi connectivity index (χ2n) is 3.04. The van der Waals surface area contributed by atoms with Gasteiger partial charge in [0.05, 0.1) is 0 Å². The van der Waals surface area contributed by atoms with Gasteiger partial charge in [-0.15, -0.1) is 0 Å². The fourth-order valence-corrected chi connectivity index (χ4v) is 1.19. The Labute approximate surface area is 83.3 Å². The summed E-state index contributed by atoms with van der Waals surface area (Å²) in [6.45, 7) is 1.89. The third kappa shape index (κ3) is 2.66. The molecule has 0 atom stereocenters. The van der Waals surface area contributed by atoms with Crippen LogP contribution in [0.25, 0.3) is 6.08 Å². The lowest BCUT2D eigenvalue weighted by Gasteiger charge is -1.99. The molecule has 0 aromatic heterocycles. The molecule has 1 aromatic rings. The molecule has 0 N–H and O–H groups in total. The minimum absolute atomic E-state index is 0.425. The predicted octanol–water partition coefficient (Wildman–Crippen LogP) is 2.41. The van der Waals surface area contributed by atoms with Crippen molar-refractivity contribution in [3.05, 3.63) is 41.0 Å². The lowest BCUT2D eigenvalue weighted by atomic mass is 10.1. The summed E-state index contributed by atoms with van der Waals surface area (Å²) in [5.74, 6) is 0. The smallest absolute Gasteiger partial charge is 0.150 e. The monoisotopic (exact) mass is 188 g/mol. The van der Waals surface area contributed by atoms with Crippen molar-refractivity contribution in [2.24, 2.45) is 0 Å². The summed E-state index contributed by atoms with van der Waals surface area (Å²) in [6.07, 6.45) is 5.78. The maximum absolute atomic E-state index is 10.5. The average Bonchev–Trinajstić information content (AvgIpc) is 2.18. The van der Waals surface area contributed by atoms with E-state index in [0.29, 0.717) is 12.0 Å². The van der Waals surface area contributed by atoms with Gasteiger partial charge in [0, 0.05) is 12.0 Å². The number of aryl methyl sites for hydroxylation is 1. The summed E-state index contributed by atoms with van der Waals surface area (Å²) in [7, 11) is 0. The maximum atomic E-state index is 10.5. The van der Waals surface area contributed by atoms with Crippen molar-refractivity contribution in [3.8, 4) is 0 Å². The Bertz CT molecular complexity index is 365. The summed E-state index contributed by atoms with van der Waals surface area (Å²) >= 11 is 0. The molecule has 0 saturated heterocycles. The first-order valence-electron chi connectivity index (χ1n) is 4.44. The van der Waals surface area contributed by atoms with Crippen LogP contribution in [0.1, 0.15) is 27.9 Å². The van der Waals surface area contributed by atoms with E-state index < -0.39 is 0 Å². The van der Waals surface area contributed by atoms with Crippen LogP contribution in [0, 0.1) is 6.92 Å². The standard InChI is InChI=1S/C12H12O2/c1-10-8-11(4-2-3-7-13)5-6-12(10)9-14/h2,4-9H,3H2,1H3. The van der Waals surface area contributed by atoms with E-state index in [4.69, 9.17) is 0 Å². The van der Waals surface area contributed by atoms with E-state index in [1.54, 1.807) is 12.1 Å². The Morgan fingerprint density at radius 1 is 1.29 bits per heavy atom. The minimum Gasteiger partial charge on any atom is -0.303 e. The van der Waals surface area contributed by atoms with Crippen LogP contribution >= 0.6 is 0 Å². The lowest BCUT2D eigenvalue weighted by molar-refractivity contribution is -0.107. The first-order chi connectivity index (χ1) is 6.77. The molecule has 1 aromatic carbocycles. The summed E-state index contributed by atoms with van der Waals surface area (Å²) in [4.78, 5) is 20.6. The zero-order chi connectivity index (χ0) is 10.4. The first-order valence-corrected chi connectivity index (χ1v) is 4.44. The molecule has 0 saturated carbocycles. The fourth-order valence-electron chi connectivity index (χ4n) is 1.19. The van der Waals surface area contributed by atoms with Crippen LogP contribution in [0.15, 0.2) is 24.3 Å². The highest BCUT2D eigenvalue weighted by atomic mass is 16.1. The molecule has 0 bridgehead atoms. The summed E-state index contributed by atoms with van der Waals surface area (Å²) < 4.78 is 0.